The number of hydrogen-bond donors (Lipinski definition) is 1. The van der Waals surface area contributed by atoms with Gasteiger partial charge in [-0.15, -0.1) is 0 Å². The van der Waals surface area contributed by atoms with E-state index in [0.29, 0.717) is 17.9 Å². The third-order valence-corrected chi connectivity index (χ3v) is 8.64. The van der Waals surface area contributed by atoms with Gasteiger partial charge in [0.1, 0.15) is 12.6 Å². The number of nitrogens with zero attached hydrogens (tertiary/aromatic N) is 2. The number of rotatable bonds is 14. The van der Waals surface area contributed by atoms with E-state index < -0.39 is 28.5 Å². The maximum atomic E-state index is 14.1. The van der Waals surface area contributed by atoms with Crippen LogP contribution in [0.2, 0.25) is 0 Å². The van der Waals surface area contributed by atoms with Gasteiger partial charge in [0.25, 0.3) is 10.0 Å². The Morgan fingerprint density at radius 2 is 1.46 bits per heavy atom. The van der Waals surface area contributed by atoms with E-state index in [9.17, 15) is 18.0 Å². The summed E-state index contributed by atoms with van der Waals surface area (Å²) in [6.45, 7) is 5.30. The molecule has 0 saturated carbocycles. The average molecular weight is 582 g/mol. The second-order valence-corrected chi connectivity index (χ2v) is 11.5. The molecule has 3 aromatic rings. The van der Waals surface area contributed by atoms with E-state index in [1.807, 2.05) is 51.1 Å². The van der Waals surface area contributed by atoms with Crippen LogP contribution in [0.1, 0.15) is 39.2 Å². The van der Waals surface area contributed by atoms with Crippen LogP contribution < -0.4 is 19.1 Å². The molecule has 0 fully saturated rings. The number of carbonyl (C=O) groups is 2. The van der Waals surface area contributed by atoms with Crippen molar-refractivity contribution in [3.05, 3.63) is 84.4 Å². The molecule has 9 nitrogen and oxygen atoms in total. The topological polar surface area (TPSA) is 105 Å². The van der Waals surface area contributed by atoms with Crippen LogP contribution in [0, 0.1) is 0 Å². The third kappa shape index (κ3) is 7.79. The quantitative estimate of drug-likeness (QED) is 0.298. The number of amides is 2. The first-order valence-corrected chi connectivity index (χ1v) is 15.0. The van der Waals surface area contributed by atoms with E-state index in [2.05, 4.69) is 5.32 Å². The zero-order valence-corrected chi connectivity index (χ0v) is 25.1. The van der Waals surface area contributed by atoms with Crippen LogP contribution >= 0.6 is 0 Å². The molecule has 0 bridgehead atoms. The molecule has 0 radical (unpaired) electrons. The lowest BCUT2D eigenvalue weighted by Crippen LogP contribution is -2.53. The number of methoxy groups -OCH3 is 2. The summed E-state index contributed by atoms with van der Waals surface area (Å²) >= 11 is 0. The third-order valence-electron chi connectivity index (χ3n) is 6.85. The lowest BCUT2D eigenvalue weighted by Gasteiger charge is -2.33. The summed E-state index contributed by atoms with van der Waals surface area (Å²) in [7, 11) is -1.25. The van der Waals surface area contributed by atoms with Crippen molar-refractivity contribution in [3.63, 3.8) is 0 Å². The predicted octanol–water partition coefficient (Wildman–Crippen LogP) is 4.62. The summed E-state index contributed by atoms with van der Waals surface area (Å²) in [5, 5.41) is 2.98. The minimum atomic E-state index is -4.19. The van der Waals surface area contributed by atoms with Crippen molar-refractivity contribution < 1.29 is 27.5 Å². The van der Waals surface area contributed by atoms with E-state index in [1.54, 1.807) is 30.3 Å². The van der Waals surface area contributed by atoms with Crippen molar-refractivity contribution >= 4 is 27.5 Å². The molecule has 0 heterocycles. The smallest absolute Gasteiger partial charge is 0.264 e. The van der Waals surface area contributed by atoms with Crippen LogP contribution in [0.25, 0.3) is 0 Å². The minimum absolute atomic E-state index is 0.0266. The molecule has 10 heteroatoms. The SMILES string of the molecule is CCC(C)NC(=O)C(CC)N(Cc1ccccc1)C(=O)CN(c1ccc(OC)c(OC)c1)S(=O)(=O)c1ccccc1. The molecule has 0 aliphatic rings. The molecule has 0 spiro atoms. The van der Waals surface area contributed by atoms with Gasteiger partial charge in [0.2, 0.25) is 11.8 Å². The highest BCUT2D eigenvalue weighted by Crippen LogP contribution is 2.34. The summed E-state index contributed by atoms with van der Waals surface area (Å²) in [5.74, 6) is -0.0756. The number of anilines is 1. The van der Waals surface area contributed by atoms with Crippen LogP contribution in [-0.2, 0) is 26.2 Å². The van der Waals surface area contributed by atoms with E-state index in [4.69, 9.17) is 9.47 Å². The van der Waals surface area contributed by atoms with E-state index in [1.165, 1.54) is 37.3 Å². The summed E-state index contributed by atoms with van der Waals surface area (Å²) < 4.78 is 39.7. The average Bonchev–Trinajstić information content (AvgIpc) is 3.00. The largest absolute Gasteiger partial charge is 0.493 e. The molecule has 0 aliphatic carbocycles. The number of hydrogen-bond acceptors (Lipinski definition) is 6. The van der Waals surface area contributed by atoms with Crippen molar-refractivity contribution in [3.8, 4) is 11.5 Å². The van der Waals surface area contributed by atoms with E-state index in [0.717, 1.165) is 16.3 Å². The lowest BCUT2D eigenvalue weighted by atomic mass is 10.1. The molecule has 3 aromatic carbocycles. The molecule has 3 rings (SSSR count). The summed E-state index contributed by atoms with van der Waals surface area (Å²) in [4.78, 5) is 29.0. The molecule has 2 unspecified atom stereocenters. The van der Waals surface area contributed by atoms with Gasteiger partial charge < -0.3 is 19.7 Å². The maximum Gasteiger partial charge on any atom is 0.264 e. The first-order chi connectivity index (χ1) is 19.7. The second-order valence-electron chi connectivity index (χ2n) is 9.61. The standard InChI is InChI=1S/C31H39N3O6S/c1-6-23(3)32-31(36)27(7-2)33(21-24-14-10-8-11-15-24)30(35)22-34(41(37,38)26-16-12-9-13-17-26)25-18-19-28(39-4)29(20-25)40-5/h8-20,23,27H,6-7,21-22H2,1-5H3,(H,32,36). The Morgan fingerprint density at radius 3 is 2.02 bits per heavy atom. The van der Waals surface area contributed by atoms with Crippen LogP contribution in [0.4, 0.5) is 5.69 Å². The van der Waals surface area contributed by atoms with Gasteiger partial charge in [-0.05, 0) is 49.6 Å². The van der Waals surface area contributed by atoms with Gasteiger partial charge in [-0.25, -0.2) is 8.42 Å². The Bertz CT molecular complexity index is 1400. The van der Waals surface area contributed by atoms with Crippen LogP contribution in [-0.4, -0.2) is 58.0 Å². The maximum absolute atomic E-state index is 14.1. The normalized spacial score (nSPS) is 12.6. The molecule has 0 aromatic heterocycles. The molecular weight excluding hydrogens is 542 g/mol. The number of nitrogens with one attached hydrogen (secondary N) is 1. The fourth-order valence-corrected chi connectivity index (χ4v) is 5.80. The van der Waals surface area contributed by atoms with Crippen LogP contribution in [0.5, 0.6) is 11.5 Å². The highest BCUT2D eigenvalue weighted by Gasteiger charge is 2.34. The van der Waals surface area contributed by atoms with Gasteiger partial charge in [-0.2, -0.15) is 0 Å². The molecule has 2 atom stereocenters. The van der Waals surface area contributed by atoms with Gasteiger partial charge in [0.15, 0.2) is 11.5 Å². The fourth-order valence-electron chi connectivity index (χ4n) is 4.37. The van der Waals surface area contributed by atoms with Gasteiger partial charge in [-0.1, -0.05) is 62.4 Å². The number of sulfonamides is 1. The Labute approximate surface area is 243 Å². The summed E-state index contributed by atoms with van der Waals surface area (Å²) in [5.41, 5.74) is 1.04. The Kier molecular flexibility index (Phi) is 11.2. The Morgan fingerprint density at radius 1 is 0.854 bits per heavy atom. The van der Waals surface area contributed by atoms with Crippen molar-refractivity contribution in [2.45, 2.75) is 57.1 Å². The molecule has 1 N–H and O–H groups in total. The van der Waals surface area contributed by atoms with Crippen molar-refractivity contribution in [2.24, 2.45) is 0 Å². The van der Waals surface area contributed by atoms with Crippen LogP contribution in [0.3, 0.4) is 0 Å². The van der Waals surface area contributed by atoms with Crippen LogP contribution in [0.15, 0.2) is 83.8 Å². The fraction of sp³-hybridized carbons (Fsp3) is 0.355. The van der Waals surface area contributed by atoms with Gasteiger partial charge in [0, 0.05) is 18.7 Å². The zero-order valence-electron chi connectivity index (χ0n) is 24.2. The van der Waals surface area contributed by atoms with Crippen molar-refractivity contribution in [2.75, 3.05) is 25.1 Å². The van der Waals surface area contributed by atoms with Gasteiger partial charge >= 0.3 is 0 Å². The van der Waals surface area contributed by atoms with Crippen molar-refractivity contribution in [1.29, 1.82) is 0 Å². The lowest BCUT2D eigenvalue weighted by molar-refractivity contribution is -0.140. The highest BCUT2D eigenvalue weighted by molar-refractivity contribution is 7.92. The first kappa shape index (κ1) is 31.5. The zero-order chi connectivity index (χ0) is 30.0. The predicted molar refractivity (Wildman–Crippen MR) is 159 cm³/mol. The van der Waals surface area contributed by atoms with E-state index >= 15 is 0 Å². The monoisotopic (exact) mass is 581 g/mol. The van der Waals surface area contributed by atoms with Gasteiger partial charge in [0.05, 0.1) is 24.8 Å². The van der Waals surface area contributed by atoms with Gasteiger partial charge in [-0.3, -0.25) is 13.9 Å². The molecule has 0 saturated heterocycles. The number of carbonyl (C=O) groups excluding carboxylic acids is 2. The molecule has 2 amide bonds. The highest BCUT2D eigenvalue weighted by atomic mass is 32.2. The molecule has 0 aliphatic heterocycles. The molecular formula is C31H39N3O6S. The second kappa shape index (κ2) is 14.5. The number of benzene rings is 3. The Balaban J connectivity index is 2.09. The number of ether oxygens (including phenoxy) is 2. The molecule has 220 valence electrons. The first-order valence-electron chi connectivity index (χ1n) is 13.6. The van der Waals surface area contributed by atoms with E-state index in [-0.39, 0.29) is 29.1 Å². The Hall–Kier alpha value is -4.05. The molecule has 41 heavy (non-hydrogen) atoms. The summed E-state index contributed by atoms with van der Waals surface area (Å²) in [6.07, 6.45) is 1.08. The van der Waals surface area contributed by atoms with Crippen molar-refractivity contribution in [1.82, 2.24) is 10.2 Å². The summed E-state index contributed by atoms with van der Waals surface area (Å²) in [6, 6.07) is 21.0. The minimum Gasteiger partial charge on any atom is -0.493 e.